The predicted molar refractivity (Wildman–Crippen MR) is 95.6 cm³/mol. The van der Waals surface area contributed by atoms with Crippen molar-refractivity contribution in [1.29, 1.82) is 0 Å². The van der Waals surface area contributed by atoms with Gasteiger partial charge in [-0.2, -0.15) is 0 Å². The highest BCUT2D eigenvalue weighted by Gasteiger charge is 2.15. The zero-order valence-electron chi connectivity index (χ0n) is 14.0. The Bertz CT molecular complexity index is 1110. The van der Waals surface area contributed by atoms with E-state index in [9.17, 15) is 13.2 Å². The number of pyridine rings is 2. The molecule has 134 valence electrons. The van der Waals surface area contributed by atoms with Crippen LogP contribution in [-0.4, -0.2) is 9.97 Å². The summed E-state index contributed by atoms with van der Waals surface area (Å²) in [5.41, 5.74) is 1.95. The minimum atomic E-state index is -1.50. The van der Waals surface area contributed by atoms with Gasteiger partial charge in [-0.15, -0.1) is 0 Å². The molecule has 27 heavy (non-hydrogen) atoms. The summed E-state index contributed by atoms with van der Waals surface area (Å²) < 4.78 is 46.2. The van der Waals surface area contributed by atoms with Crippen molar-refractivity contribution in [2.75, 3.05) is 0 Å². The molecule has 2 aromatic carbocycles. The van der Waals surface area contributed by atoms with Crippen LogP contribution >= 0.6 is 0 Å². The van der Waals surface area contributed by atoms with Crippen LogP contribution in [0.1, 0.15) is 5.56 Å². The summed E-state index contributed by atoms with van der Waals surface area (Å²) in [6, 6.07) is 14.5. The van der Waals surface area contributed by atoms with Crippen LogP contribution < -0.4 is 4.74 Å². The van der Waals surface area contributed by atoms with Gasteiger partial charge in [-0.25, -0.2) is 13.2 Å². The van der Waals surface area contributed by atoms with E-state index in [1.807, 2.05) is 24.3 Å². The standard InChI is InChI=1S/C21H13F3N2O/c22-17-10-15(11-18(23)20(17)24)21-14(4-2-8-26-21)12-27-16-5-6-19-13(9-16)3-1-7-25-19/h1-11H,12H2. The lowest BCUT2D eigenvalue weighted by molar-refractivity contribution is 0.307. The van der Waals surface area contributed by atoms with Crippen molar-refractivity contribution in [3.8, 4) is 17.0 Å². The van der Waals surface area contributed by atoms with E-state index in [0.717, 1.165) is 23.0 Å². The molecule has 0 unspecified atom stereocenters. The molecule has 0 N–H and O–H groups in total. The Morgan fingerprint density at radius 1 is 0.815 bits per heavy atom. The van der Waals surface area contributed by atoms with E-state index < -0.39 is 17.5 Å². The Labute approximate surface area is 153 Å². The summed E-state index contributed by atoms with van der Waals surface area (Å²) >= 11 is 0. The maximum atomic E-state index is 13.6. The van der Waals surface area contributed by atoms with Crippen LogP contribution in [0.15, 0.2) is 67.0 Å². The molecule has 4 aromatic rings. The molecule has 2 aromatic heterocycles. The average molecular weight is 366 g/mol. The average Bonchev–Trinajstić information content (AvgIpc) is 2.70. The zero-order chi connectivity index (χ0) is 18.8. The molecule has 0 bridgehead atoms. The molecule has 0 fully saturated rings. The van der Waals surface area contributed by atoms with E-state index in [-0.39, 0.29) is 12.2 Å². The molecule has 0 aliphatic carbocycles. The van der Waals surface area contributed by atoms with Crippen LogP contribution in [0.3, 0.4) is 0 Å². The van der Waals surface area contributed by atoms with Gasteiger partial charge in [0, 0.05) is 28.9 Å². The van der Waals surface area contributed by atoms with Crippen molar-refractivity contribution in [2.24, 2.45) is 0 Å². The summed E-state index contributed by atoms with van der Waals surface area (Å²) in [5.74, 6) is -3.40. The molecule has 0 atom stereocenters. The normalized spacial score (nSPS) is 10.9. The molecule has 0 saturated carbocycles. The molecular weight excluding hydrogens is 353 g/mol. The van der Waals surface area contributed by atoms with E-state index in [1.165, 1.54) is 6.20 Å². The Morgan fingerprint density at radius 3 is 2.37 bits per heavy atom. The van der Waals surface area contributed by atoms with Crippen LogP contribution in [-0.2, 0) is 6.61 Å². The predicted octanol–water partition coefficient (Wildman–Crippen LogP) is 5.29. The van der Waals surface area contributed by atoms with E-state index in [4.69, 9.17) is 4.74 Å². The minimum absolute atomic E-state index is 0.134. The third-order valence-electron chi connectivity index (χ3n) is 4.12. The fourth-order valence-electron chi connectivity index (χ4n) is 2.81. The van der Waals surface area contributed by atoms with Crippen LogP contribution in [0.5, 0.6) is 5.75 Å². The van der Waals surface area contributed by atoms with Crippen LogP contribution in [0.2, 0.25) is 0 Å². The first-order chi connectivity index (χ1) is 13.1. The van der Waals surface area contributed by atoms with Crippen molar-refractivity contribution in [3.05, 3.63) is 90.0 Å². The van der Waals surface area contributed by atoms with Crippen LogP contribution in [0.4, 0.5) is 13.2 Å². The highest BCUT2D eigenvalue weighted by Crippen LogP contribution is 2.26. The summed E-state index contributed by atoms with van der Waals surface area (Å²) in [7, 11) is 0. The first-order valence-electron chi connectivity index (χ1n) is 8.18. The molecule has 0 amide bonds. The van der Waals surface area contributed by atoms with Gasteiger partial charge in [0.05, 0.1) is 11.2 Å². The fourth-order valence-corrected chi connectivity index (χ4v) is 2.81. The summed E-state index contributed by atoms with van der Waals surface area (Å²) in [6.45, 7) is 0.134. The quantitative estimate of drug-likeness (QED) is 0.460. The third-order valence-corrected chi connectivity index (χ3v) is 4.12. The monoisotopic (exact) mass is 366 g/mol. The second-order valence-corrected chi connectivity index (χ2v) is 5.91. The highest BCUT2D eigenvalue weighted by atomic mass is 19.2. The van der Waals surface area contributed by atoms with E-state index in [0.29, 0.717) is 17.0 Å². The zero-order valence-corrected chi connectivity index (χ0v) is 14.0. The van der Waals surface area contributed by atoms with Crippen molar-refractivity contribution in [2.45, 2.75) is 6.61 Å². The Morgan fingerprint density at radius 2 is 1.56 bits per heavy atom. The van der Waals surface area contributed by atoms with Gasteiger partial charge in [-0.05, 0) is 42.5 Å². The summed E-state index contributed by atoms with van der Waals surface area (Å²) in [4.78, 5) is 8.43. The number of nitrogens with zero attached hydrogens (tertiary/aromatic N) is 2. The van der Waals surface area contributed by atoms with E-state index in [2.05, 4.69) is 9.97 Å². The van der Waals surface area contributed by atoms with Crippen molar-refractivity contribution < 1.29 is 17.9 Å². The van der Waals surface area contributed by atoms with Gasteiger partial charge < -0.3 is 4.74 Å². The second-order valence-electron chi connectivity index (χ2n) is 5.91. The fraction of sp³-hybridized carbons (Fsp3) is 0.0476. The molecule has 0 aliphatic heterocycles. The molecule has 0 radical (unpaired) electrons. The molecule has 6 heteroatoms. The maximum absolute atomic E-state index is 13.6. The number of hydrogen-bond acceptors (Lipinski definition) is 3. The highest BCUT2D eigenvalue weighted by molar-refractivity contribution is 5.79. The molecular formula is C21H13F3N2O. The smallest absolute Gasteiger partial charge is 0.194 e. The molecule has 0 spiro atoms. The topological polar surface area (TPSA) is 35.0 Å². The Hall–Kier alpha value is -3.41. The molecule has 4 rings (SSSR count). The molecule has 0 aliphatic rings. The van der Waals surface area contributed by atoms with Crippen molar-refractivity contribution >= 4 is 10.9 Å². The van der Waals surface area contributed by atoms with Gasteiger partial charge >= 0.3 is 0 Å². The summed E-state index contributed by atoms with van der Waals surface area (Å²) in [5, 5.41) is 0.934. The van der Waals surface area contributed by atoms with Gasteiger partial charge in [-0.3, -0.25) is 9.97 Å². The number of aromatic nitrogens is 2. The number of rotatable bonds is 4. The second kappa shape index (κ2) is 7.07. The molecule has 2 heterocycles. The Kier molecular flexibility index (Phi) is 4.46. The number of halogens is 3. The van der Waals surface area contributed by atoms with Gasteiger partial charge in [-0.1, -0.05) is 12.1 Å². The third kappa shape index (κ3) is 3.46. The number of hydrogen-bond donors (Lipinski definition) is 0. The molecule has 0 saturated heterocycles. The van der Waals surface area contributed by atoms with Gasteiger partial charge in [0.1, 0.15) is 12.4 Å². The first-order valence-corrected chi connectivity index (χ1v) is 8.18. The number of benzene rings is 2. The number of ether oxygens (including phenoxy) is 1. The lowest BCUT2D eigenvalue weighted by atomic mass is 10.1. The SMILES string of the molecule is Fc1cc(-c2ncccc2COc2ccc3ncccc3c2)cc(F)c1F. The molecule has 3 nitrogen and oxygen atoms in total. The van der Waals surface area contributed by atoms with Crippen LogP contribution in [0, 0.1) is 17.5 Å². The first kappa shape index (κ1) is 17.0. The van der Waals surface area contributed by atoms with Crippen molar-refractivity contribution in [3.63, 3.8) is 0 Å². The van der Waals surface area contributed by atoms with E-state index >= 15 is 0 Å². The van der Waals surface area contributed by atoms with Gasteiger partial charge in [0.2, 0.25) is 0 Å². The largest absolute Gasteiger partial charge is 0.489 e. The minimum Gasteiger partial charge on any atom is -0.489 e. The maximum Gasteiger partial charge on any atom is 0.194 e. The Balaban J connectivity index is 1.63. The lowest BCUT2D eigenvalue weighted by Gasteiger charge is -2.11. The number of fused-ring (bicyclic) bond motifs is 1. The van der Waals surface area contributed by atoms with Gasteiger partial charge in [0.15, 0.2) is 17.5 Å². The van der Waals surface area contributed by atoms with Gasteiger partial charge in [0.25, 0.3) is 0 Å². The summed E-state index contributed by atoms with van der Waals surface area (Å²) in [6.07, 6.45) is 3.21. The lowest BCUT2D eigenvalue weighted by Crippen LogP contribution is -2.01. The van der Waals surface area contributed by atoms with E-state index in [1.54, 1.807) is 24.4 Å². The van der Waals surface area contributed by atoms with Crippen molar-refractivity contribution in [1.82, 2.24) is 9.97 Å². The van der Waals surface area contributed by atoms with Crippen LogP contribution in [0.25, 0.3) is 22.2 Å².